The normalized spacial score (nSPS) is 11.1. The number of nitrogens with two attached hydrogens (primary N) is 1. The van der Waals surface area contributed by atoms with E-state index >= 15 is 0 Å². The van der Waals surface area contributed by atoms with E-state index in [9.17, 15) is 0 Å². The molecule has 4 aromatic rings. The molecule has 0 saturated carbocycles. The highest BCUT2D eigenvalue weighted by atomic mass is 35.5. The summed E-state index contributed by atoms with van der Waals surface area (Å²) in [6, 6.07) is 11.2. The van der Waals surface area contributed by atoms with Crippen molar-refractivity contribution in [3.63, 3.8) is 0 Å². The fourth-order valence-electron chi connectivity index (χ4n) is 2.24. The molecule has 0 saturated heterocycles. The summed E-state index contributed by atoms with van der Waals surface area (Å²) in [5.74, 6) is 2.06. The van der Waals surface area contributed by atoms with E-state index in [1.165, 1.54) is 16.0 Å². The summed E-state index contributed by atoms with van der Waals surface area (Å²) in [5, 5.41) is 7.67. The zero-order valence-electron chi connectivity index (χ0n) is 12.6. The molecule has 1 aromatic carbocycles. The van der Waals surface area contributed by atoms with E-state index in [4.69, 9.17) is 21.8 Å². The number of furan rings is 1. The van der Waals surface area contributed by atoms with Crippen LogP contribution in [0.1, 0.15) is 5.76 Å². The van der Waals surface area contributed by atoms with Crippen LogP contribution in [0.5, 0.6) is 0 Å². The van der Waals surface area contributed by atoms with Crippen LogP contribution in [-0.4, -0.2) is 19.7 Å². The number of halogens is 1. The van der Waals surface area contributed by atoms with Crippen LogP contribution < -0.4 is 5.73 Å². The van der Waals surface area contributed by atoms with Crippen molar-refractivity contribution in [3.8, 4) is 28.0 Å². The van der Waals surface area contributed by atoms with Gasteiger partial charge in [-0.25, -0.2) is 4.98 Å². The summed E-state index contributed by atoms with van der Waals surface area (Å²) in [6.45, 7) is 1.86. The largest absolute Gasteiger partial charge is 0.458 e. The van der Waals surface area contributed by atoms with Gasteiger partial charge in [-0.15, -0.1) is 16.4 Å². The molecule has 0 aliphatic carbocycles. The third-order valence-electron chi connectivity index (χ3n) is 3.41. The molecule has 8 heteroatoms. The maximum Gasteiger partial charge on any atom is 0.226 e. The van der Waals surface area contributed by atoms with E-state index in [2.05, 4.69) is 15.1 Å². The molecule has 0 aliphatic heterocycles. The summed E-state index contributed by atoms with van der Waals surface area (Å²) in [6.07, 6.45) is 0. The lowest BCUT2D eigenvalue weighted by Gasteiger charge is -1.97. The van der Waals surface area contributed by atoms with E-state index < -0.39 is 0 Å². The molecule has 4 rings (SSSR count). The van der Waals surface area contributed by atoms with Crippen LogP contribution in [-0.2, 0) is 0 Å². The zero-order chi connectivity index (χ0) is 16.7. The number of rotatable bonds is 3. The minimum absolute atomic E-state index is 0.260. The Balaban J connectivity index is 1.70. The van der Waals surface area contributed by atoms with Gasteiger partial charge in [0.1, 0.15) is 5.76 Å². The Bertz CT molecular complexity index is 1000. The lowest BCUT2D eigenvalue weighted by molar-refractivity contribution is 0.544. The number of thiazole rings is 1. The molecule has 0 amide bonds. The summed E-state index contributed by atoms with van der Waals surface area (Å²) < 4.78 is 7.05. The van der Waals surface area contributed by atoms with Gasteiger partial charge >= 0.3 is 0 Å². The molecule has 0 unspecified atom stereocenters. The van der Waals surface area contributed by atoms with Crippen LogP contribution >= 0.6 is 22.9 Å². The highest BCUT2D eigenvalue weighted by Gasteiger charge is 2.16. The Labute approximate surface area is 146 Å². The number of benzene rings is 1. The van der Waals surface area contributed by atoms with Gasteiger partial charge < -0.3 is 10.2 Å². The summed E-state index contributed by atoms with van der Waals surface area (Å²) in [4.78, 5) is 8.83. The van der Waals surface area contributed by atoms with E-state index in [1.54, 1.807) is 0 Å². The van der Waals surface area contributed by atoms with Crippen LogP contribution in [0.4, 0.5) is 5.95 Å². The molecular weight excluding hydrogens is 346 g/mol. The van der Waals surface area contributed by atoms with Gasteiger partial charge in [0, 0.05) is 16.0 Å². The zero-order valence-corrected chi connectivity index (χ0v) is 14.2. The van der Waals surface area contributed by atoms with Crippen LogP contribution in [0.25, 0.3) is 28.0 Å². The van der Waals surface area contributed by atoms with Crippen molar-refractivity contribution in [2.45, 2.75) is 6.92 Å². The van der Waals surface area contributed by atoms with Crippen LogP contribution in [0.15, 0.2) is 46.2 Å². The molecule has 2 N–H and O–H groups in total. The predicted octanol–water partition coefficient (Wildman–Crippen LogP) is 4.19. The number of aromatic nitrogens is 4. The lowest BCUT2D eigenvalue weighted by Crippen LogP contribution is -2.01. The number of nitrogen functional groups attached to an aromatic ring is 1. The number of nitrogens with zero attached hydrogens (tertiary/aromatic N) is 4. The Hall–Kier alpha value is -2.64. The summed E-state index contributed by atoms with van der Waals surface area (Å²) >= 11 is 7.35. The second kappa shape index (κ2) is 5.77. The SMILES string of the molecule is Cc1ccc(-c2nc(N)n(-c3nc(-c4ccc(Cl)cc4)cs3)n2)o1. The quantitative estimate of drug-likeness (QED) is 0.594. The number of anilines is 1. The lowest BCUT2D eigenvalue weighted by atomic mass is 10.2. The third-order valence-corrected chi connectivity index (χ3v) is 4.47. The first-order valence-electron chi connectivity index (χ1n) is 7.11. The predicted molar refractivity (Wildman–Crippen MR) is 94.3 cm³/mol. The Morgan fingerprint density at radius 1 is 1.12 bits per heavy atom. The number of hydrogen-bond donors (Lipinski definition) is 1. The summed E-state index contributed by atoms with van der Waals surface area (Å²) in [5.41, 5.74) is 7.79. The molecule has 3 heterocycles. The highest BCUT2D eigenvalue weighted by molar-refractivity contribution is 7.12. The maximum atomic E-state index is 5.98. The molecular formula is C16H12ClN5OS. The fraction of sp³-hybridized carbons (Fsp3) is 0.0625. The van der Waals surface area contributed by atoms with Gasteiger partial charge in [0.25, 0.3) is 0 Å². The van der Waals surface area contributed by atoms with Crippen molar-refractivity contribution < 1.29 is 4.42 Å². The molecule has 24 heavy (non-hydrogen) atoms. The Morgan fingerprint density at radius 3 is 2.62 bits per heavy atom. The monoisotopic (exact) mass is 357 g/mol. The van der Waals surface area contributed by atoms with E-state index in [0.29, 0.717) is 21.7 Å². The Kier molecular flexibility index (Phi) is 3.59. The third kappa shape index (κ3) is 2.68. The molecule has 0 aliphatic rings. The van der Waals surface area contributed by atoms with Crippen LogP contribution in [0.3, 0.4) is 0 Å². The molecule has 0 fully saturated rings. The van der Waals surface area contributed by atoms with Gasteiger partial charge in [0.15, 0.2) is 5.76 Å². The van der Waals surface area contributed by atoms with Gasteiger partial charge in [-0.3, -0.25) is 0 Å². The molecule has 6 nitrogen and oxygen atoms in total. The number of aryl methyl sites for hydroxylation is 1. The highest BCUT2D eigenvalue weighted by Crippen LogP contribution is 2.27. The van der Waals surface area contributed by atoms with E-state index in [1.807, 2.05) is 48.7 Å². The molecule has 0 atom stereocenters. The molecule has 3 aromatic heterocycles. The van der Waals surface area contributed by atoms with E-state index in [-0.39, 0.29) is 5.95 Å². The van der Waals surface area contributed by atoms with Gasteiger partial charge in [-0.2, -0.15) is 9.67 Å². The Morgan fingerprint density at radius 2 is 1.92 bits per heavy atom. The first-order chi connectivity index (χ1) is 11.6. The molecule has 120 valence electrons. The standard InChI is InChI=1S/C16H12ClN5OS/c1-9-2-7-13(23-9)14-20-15(18)22(21-14)16-19-12(8-24-16)10-3-5-11(17)6-4-10/h2-8H,1H3,(H2,18,20,21). The topological polar surface area (TPSA) is 82.8 Å². The van der Waals surface area contributed by atoms with Crippen LogP contribution in [0, 0.1) is 6.92 Å². The molecule has 0 bridgehead atoms. The average Bonchev–Trinajstić information content (AvgIpc) is 3.27. The molecule has 0 radical (unpaired) electrons. The maximum absolute atomic E-state index is 5.98. The minimum atomic E-state index is 0.260. The minimum Gasteiger partial charge on any atom is -0.458 e. The van der Waals surface area contributed by atoms with Gasteiger partial charge in [-0.1, -0.05) is 23.7 Å². The summed E-state index contributed by atoms with van der Waals surface area (Å²) in [7, 11) is 0. The molecule has 0 spiro atoms. The van der Waals surface area contributed by atoms with Crippen LogP contribution in [0.2, 0.25) is 5.02 Å². The van der Waals surface area contributed by atoms with Crippen molar-refractivity contribution in [1.82, 2.24) is 19.7 Å². The van der Waals surface area contributed by atoms with Gasteiger partial charge in [-0.05, 0) is 31.2 Å². The fourth-order valence-corrected chi connectivity index (χ4v) is 3.16. The van der Waals surface area contributed by atoms with Crippen molar-refractivity contribution in [2.24, 2.45) is 0 Å². The van der Waals surface area contributed by atoms with Gasteiger partial charge in [0.2, 0.25) is 16.9 Å². The van der Waals surface area contributed by atoms with Gasteiger partial charge in [0.05, 0.1) is 5.69 Å². The first kappa shape index (κ1) is 14.9. The van der Waals surface area contributed by atoms with Crippen molar-refractivity contribution >= 4 is 28.9 Å². The van der Waals surface area contributed by atoms with E-state index in [0.717, 1.165) is 17.0 Å². The van der Waals surface area contributed by atoms with Crippen molar-refractivity contribution in [3.05, 3.63) is 52.6 Å². The van der Waals surface area contributed by atoms with Crippen molar-refractivity contribution in [2.75, 3.05) is 5.73 Å². The second-order valence-corrected chi connectivity index (χ2v) is 6.41. The van der Waals surface area contributed by atoms with Crippen molar-refractivity contribution in [1.29, 1.82) is 0 Å². The average molecular weight is 358 g/mol. The second-order valence-electron chi connectivity index (χ2n) is 5.14. The smallest absolute Gasteiger partial charge is 0.226 e. The first-order valence-corrected chi connectivity index (χ1v) is 8.37. The number of hydrogen-bond acceptors (Lipinski definition) is 6.